The minimum absolute atomic E-state index is 0.0785. The summed E-state index contributed by atoms with van der Waals surface area (Å²) in [5, 5.41) is 3.17. The Morgan fingerprint density at radius 1 is 1.26 bits per heavy atom. The first-order valence-electron chi connectivity index (χ1n) is 10.0. The van der Waals surface area contributed by atoms with E-state index in [4.69, 9.17) is 18.6 Å². The number of carbonyl (C=O) groups excluding carboxylic acids is 1. The molecule has 0 aliphatic carbocycles. The fourth-order valence-electron chi connectivity index (χ4n) is 3.35. The molecule has 1 atom stereocenters. The number of carbonyl (C=O) groups is 1. The first-order valence-corrected chi connectivity index (χ1v) is 10.8. The minimum atomic E-state index is -0.282. The van der Waals surface area contributed by atoms with E-state index in [1.165, 1.54) is 0 Å². The van der Waals surface area contributed by atoms with E-state index in [2.05, 4.69) is 21.2 Å². The average Bonchev–Trinajstić information content (AvgIpc) is 3.28. The summed E-state index contributed by atoms with van der Waals surface area (Å²) in [6, 6.07) is 12.1. The number of rotatable bonds is 7. The molecule has 0 bridgehead atoms. The van der Waals surface area contributed by atoms with Crippen LogP contribution in [0.5, 0.6) is 17.2 Å². The Bertz CT molecular complexity index is 1150. The van der Waals surface area contributed by atoms with Crippen molar-refractivity contribution >= 4 is 32.8 Å². The molecule has 0 spiro atoms. The molecule has 2 heterocycles. The molecule has 0 saturated carbocycles. The van der Waals surface area contributed by atoms with Gasteiger partial charge in [0.15, 0.2) is 6.61 Å². The van der Waals surface area contributed by atoms with Crippen LogP contribution in [0.25, 0.3) is 11.0 Å². The van der Waals surface area contributed by atoms with E-state index >= 15 is 0 Å². The van der Waals surface area contributed by atoms with Crippen molar-refractivity contribution in [3.05, 3.63) is 62.9 Å². The summed E-state index contributed by atoms with van der Waals surface area (Å²) in [5.74, 6) is 1.19. The maximum absolute atomic E-state index is 12.9. The molecule has 31 heavy (non-hydrogen) atoms. The minimum Gasteiger partial charge on any atom is -0.484 e. The number of hydrogen-bond acceptors (Lipinski definition) is 6. The van der Waals surface area contributed by atoms with Crippen molar-refractivity contribution in [1.82, 2.24) is 5.32 Å². The van der Waals surface area contributed by atoms with E-state index in [1.54, 1.807) is 31.2 Å². The van der Waals surface area contributed by atoms with Gasteiger partial charge < -0.3 is 23.9 Å². The van der Waals surface area contributed by atoms with Gasteiger partial charge in [-0.2, -0.15) is 0 Å². The van der Waals surface area contributed by atoms with Crippen LogP contribution in [0, 0.1) is 6.92 Å². The SMILES string of the molecule is Cc1oc2cc(OCC(=O)NCC3CCCO3)ccc2c(=O)c1Oc1ccccc1Br. The summed E-state index contributed by atoms with van der Waals surface area (Å²) < 4.78 is 23.4. The Labute approximate surface area is 187 Å². The van der Waals surface area contributed by atoms with Gasteiger partial charge in [-0.1, -0.05) is 12.1 Å². The highest BCUT2D eigenvalue weighted by Crippen LogP contribution is 2.31. The summed E-state index contributed by atoms with van der Waals surface area (Å²) in [5.41, 5.74) is 0.0783. The van der Waals surface area contributed by atoms with Crippen molar-refractivity contribution in [3.8, 4) is 17.2 Å². The van der Waals surface area contributed by atoms with Gasteiger partial charge in [0, 0.05) is 19.2 Å². The lowest BCUT2D eigenvalue weighted by Gasteiger charge is -2.12. The lowest BCUT2D eigenvalue weighted by atomic mass is 10.2. The average molecular weight is 488 g/mol. The predicted octanol–water partition coefficient (Wildman–Crippen LogP) is 4.33. The van der Waals surface area contributed by atoms with Gasteiger partial charge in [0.05, 0.1) is 16.0 Å². The van der Waals surface area contributed by atoms with E-state index in [0.717, 1.165) is 23.9 Å². The summed E-state index contributed by atoms with van der Waals surface area (Å²) >= 11 is 3.41. The molecule has 162 valence electrons. The highest BCUT2D eigenvalue weighted by atomic mass is 79.9. The van der Waals surface area contributed by atoms with Crippen molar-refractivity contribution in [2.24, 2.45) is 0 Å². The molecule has 1 aliphatic heterocycles. The summed E-state index contributed by atoms with van der Waals surface area (Å²) in [6.07, 6.45) is 2.06. The number of nitrogens with one attached hydrogen (secondary N) is 1. The summed E-state index contributed by atoms with van der Waals surface area (Å²) in [4.78, 5) is 24.9. The van der Waals surface area contributed by atoms with Crippen LogP contribution in [-0.2, 0) is 9.53 Å². The predicted molar refractivity (Wildman–Crippen MR) is 119 cm³/mol. The zero-order valence-electron chi connectivity index (χ0n) is 17.0. The molecular weight excluding hydrogens is 466 g/mol. The Morgan fingerprint density at radius 2 is 2.10 bits per heavy atom. The highest BCUT2D eigenvalue weighted by Gasteiger charge is 2.17. The van der Waals surface area contributed by atoms with Crippen molar-refractivity contribution in [3.63, 3.8) is 0 Å². The standard InChI is InChI=1S/C23H22BrNO6/c1-14-23(31-19-7-3-2-6-18(19)24)22(27)17-9-8-15(11-20(17)30-14)29-13-21(26)25-12-16-5-4-10-28-16/h2-3,6-9,11,16H,4-5,10,12-13H2,1H3,(H,25,26). The van der Waals surface area contributed by atoms with Crippen molar-refractivity contribution in [1.29, 1.82) is 0 Å². The van der Waals surface area contributed by atoms with Gasteiger partial charge in [-0.15, -0.1) is 0 Å². The van der Waals surface area contributed by atoms with Crippen LogP contribution in [0.3, 0.4) is 0 Å². The van der Waals surface area contributed by atoms with E-state index in [-0.39, 0.29) is 29.8 Å². The summed E-state index contributed by atoms with van der Waals surface area (Å²) in [6.45, 7) is 2.76. The van der Waals surface area contributed by atoms with Gasteiger partial charge in [0.25, 0.3) is 5.91 Å². The van der Waals surface area contributed by atoms with Crippen LogP contribution in [0.4, 0.5) is 0 Å². The molecule has 3 aromatic rings. The van der Waals surface area contributed by atoms with Gasteiger partial charge in [-0.05, 0) is 60.0 Å². The molecule has 1 N–H and O–H groups in total. The molecule has 1 unspecified atom stereocenters. The van der Waals surface area contributed by atoms with E-state index in [0.29, 0.717) is 34.8 Å². The van der Waals surface area contributed by atoms with E-state index < -0.39 is 0 Å². The first-order chi connectivity index (χ1) is 15.0. The second-order valence-electron chi connectivity index (χ2n) is 7.23. The van der Waals surface area contributed by atoms with Gasteiger partial charge >= 0.3 is 0 Å². The third kappa shape index (κ3) is 5.08. The quantitative estimate of drug-likeness (QED) is 0.533. The number of para-hydroxylation sites is 1. The molecule has 8 heteroatoms. The molecule has 1 fully saturated rings. The lowest BCUT2D eigenvalue weighted by Crippen LogP contribution is -2.35. The highest BCUT2D eigenvalue weighted by molar-refractivity contribution is 9.10. The molecular formula is C23H22BrNO6. The summed E-state index contributed by atoms with van der Waals surface area (Å²) in [7, 11) is 0. The smallest absolute Gasteiger partial charge is 0.258 e. The third-order valence-electron chi connectivity index (χ3n) is 4.96. The Balaban J connectivity index is 1.46. The molecule has 1 saturated heterocycles. The normalized spacial score (nSPS) is 15.7. The molecule has 1 aromatic heterocycles. The van der Waals surface area contributed by atoms with Crippen LogP contribution in [0.2, 0.25) is 0 Å². The van der Waals surface area contributed by atoms with Gasteiger partial charge in [-0.3, -0.25) is 9.59 Å². The Kier molecular flexibility index (Phi) is 6.58. The molecule has 1 amide bonds. The largest absolute Gasteiger partial charge is 0.484 e. The zero-order chi connectivity index (χ0) is 21.8. The Morgan fingerprint density at radius 3 is 2.87 bits per heavy atom. The molecule has 1 aliphatic rings. The van der Waals surface area contributed by atoms with Gasteiger partial charge in [-0.25, -0.2) is 0 Å². The van der Waals surface area contributed by atoms with Crippen molar-refractivity contribution in [2.45, 2.75) is 25.9 Å². The van der Waals surface area contributed by atoms with E-state index in [9.17, 15) is 9.59 Å². The van der Waals surface area contributed by atoms with Crippen molar-refractivity contribution in [2.75, 3.05) is 19.8 Å². The number of amides is 1. The van der Waals surface area contributed by atoms with E-state index in [1.807, 2.05) is 18.2 Å². The Hall–Kier alpha value is -2.84. The molecule has 7 nitrogen and oxygen atoms in total. The number of aryl methyl sites for hydroxylation is 1. The molecule has 4 rings (SSSR count). The van der Waals surface area contributed by atoms with Crippen LogP contribution >= 0.6 is 15.9 Å². The second-order valence-corrected chi connectivity index (χ2v) is 8.09. The maximum Gasteiger partial charge on any atom is 0.258 e. The molecule has 2 aromatic carbocycles. The number of fused-ring (bicyclic) bond motifs is 1. The van der Waals surface area contributed by atoms with Crippen LogP contribution in [0.15, 0.2) is 56.1 Å². The van der Waals surface area contributed by atoms with Gasteiger partial charge in [0.2, 0.25) is 11.2 Å². The zero-order valence-corrected chi connectivity index (χ0v) is 18.6. The van der Waals surface area contributed by atoms with Crippen LogP contribution < -0.4 is 20.2 Å². The molecule has 0 radical (unpaired) electrons. The topological polar surface area (TPSA) is 87.0 Å². The maximum atomic E-state index is 12.9. The van der Waals surface area contributed by atoms with Crippen LogP contribution in [-0.4, -0.2) is 31.8 Å². The monoisotopic (exact) mass is 487 g/mol. The fraction of sp³-hybridized carbons (Fsp3) is 0.304. The second kappa shape index (κ2) is 9.53. The number of halogens is 1. The fourth-order valence-corrected chi connectivity index (χ4v) is 3.71. The van der Waals surface area contributed by atoms with Gasteiger partial charge in [0.1, 0.15) is 22.8 Å². The lowest BCUT2D eigenvalue weighted by molar-refractivity contribution is -0.123. The first kappa shape index (κ1) is 21.4. The van der Waals surface area contributed by atoms with Crippen molar-refractivity contribution < 1.29 is 23.4 Å². The number of hydrogen-bond donors (Lipinski definition) is 1. The van der Waals surface area contributed by atoms with Crippen LogP contribution in [0.1, 0.15) is 18.6 Å². The number of ether oxygens (including phenoxy) is 3. The third-order valence-corrected chi connectivity index (χ3v) is 5.61. The number of benzene rings is 2.